The highest BCUT2D eigenvalue weighted by Crippen LogP contribution is 2.16. The van der Waals surface area contributed by atoms with Crippen LogP contribution in [-0.2, 0) is 6.42 Å². The molecule has 2 rings (SSSR count). The first kappa shape index (κ1) is 15.9. The lowest BCUT2D eigenvalue weighted by Gasteiger charge is -2.09. The molecule has 0 radical (unpaired) electrons. The standard InChI is InChI=1S/C14H14F2IN3O/c1-9-3-2-4-10(12(9)17)13(21)19-6-5-11-18-7-8-20(11)14(15)16/h2-4,7-8,14H,5-6H2,1H3,(H,19,21). The van der Waals surface area contributed by atoms with Crippen molar-refractivity contribution >= 4 is 28.5 Å². The van der Waals surface area contributed by atoms with Crippen molar-refractivity contribution in [1.29, 1.82) is 0 Å². The van der Waals surface area contributed by atoms with Gasteiger partial charge in [-0.05, 0) is 41.1 Å². The van der Waals surface area contributed by atoms with Gasteiger partial charge < -0.3 is 5.32 Å². The zero-order chi connectivity index (χ0) is 15.4. The van der Waals surface area contributed by atoms with Crippen LogP contribution in [0.5, 0.6) is 0 Å². The predicted molar refractivity (Wildman–Crippen MR) is 83.4 cm³/mol. The number of hydrogen-bond acceptors (Lipinski definition) is 2. The number of hydrogen-bond donors (Lipinski definition) is 1. The molecule has 0 atom stereocenters. The molecule has 4 nitrogen and oxygen atoms in total. The van der Waals surface area contributed by atoms with Crippen molar-refractivity contribution in [2.24, 2.45) is 0 Å². The van der Waals surface area contributed by atoms with Crippen LogP contribution < -0.4 is 5.32 Å². The van der Waals surface area contributed by atoms with Gasteiger partial charge in [-0.25, -0.2) is 4.98 Å². The number of nitrogens with zero attached hydrogens (tertiary/aromatic N) is 2. The Morgan fingerprint density at radius 2 is 2.24 bits per heavy atom. The van der Waals surface area contributed by atoms with Gasteiger partial charge in [0.2, 0.25) is 0 Å². The number of nitrogens with one attached hydrogen (secondary N) is 1. The lowest BCUT2D eigenvalue weighted by Crippen LogP contribution is -2.27. The molecule has 0 spiro atoms. The maximum atomic E-state index is 12.6. The average Bonchev–Trinajstić information content (AvgIpc) is 2.90. The van der Waals surface area contributed by atoms with Crippen molar-refractivity contribution in [1.82, 2.24) is 14.9 Å². The van der Waals surface area contributed by atoms with Gasteiger partial charge in [-0.1, -0.05) is 12.1 Å². The van der Waals surface area contributed by atoms with Gasteiger partial charge >= 0.3 is 6.55 Å². The summed E-state index contributed by atoms with van der Waals surface area (Å²) < 4.78 is 27.0. The van der Waals surface area contributed by atoms with E-state index in [0.29, 0.717) is 5.56 Å². The van der Waals surface area contributed by atoms with Gasteiger partial charge in [0, 0.05) is 28.9 Å². The number of amides is 1. The third-order valence-corrected chi connectivity index (χ3v) is 4.46. The van der Waals surface area contributed by atoms with Crippen LogP contribution in [0.25, 0.3) is 0 Å². The zero-order valence-electron chi connectivity index (χ0n) is 11.3. The summed E-state index contributed by atoms with van der Waals surface area (Å²) in [5.74, 6) is 0.0440. The molecule has 21 heavy (non-hydrogen) atoms. The van der Waals surface area contributed by atoms with Gasteiger partial charge in [0.15, 0.2) is 0 Å². The number of imidazole rings is 1. The topological polar surface area (TPSA) is 46.9 Å². The molecule has 1 aromatic carbocycles. The van der Waals surface area contributed by atoms with Crippen LogP contribution in [-0.4, -0.2) is 22.0 Å². The van der Waals surface area contributed by atoms with Crippen molar-refractivity contribution in [3.05, 3.63) is 51.1 Å². The van der Waals surface area contributed by atoms with E-state index in [2.05, 4.69) is 32.9 Å². The molecule has 0 unspecified atom stereocenters. The predicted octanol–water partition coefficient (Wildman–Crippen LogP) is 3.16. The summed E-state index contributed by atoms with van der Waals surface area (Å²) >= 11 is 2.12. The molecule has 0 bridgehead atoms. The van der Waals surface area contributed by atoms with Crippen LogP contribution >= 0.6 is 22.6 Å². The van der Waals surface area contributed by atoms with Crippen molar-refractivity contribution in [2.75, 3.05) is 6.54 Å². The maximum Gasteiger partial charge on any atom is 0.319 e. The summed E-state index contributed by atoms with van der Waals surface area (Å²) in [4.78, 5) is 15.9. The van der Waals surface area contributed by atoms with Crippen molar-refractivity contribution < 1.29 is 13.6 Å². The van der Waals surface area contributed by atoms with Crippen LogP contribution in [0.1, 0.15) is 28.3 Å². The second-order valence-corrected chi connectivity index (χ2v) is 5.55. The highest BCUT2D eigenvalue weighted by molar-refractivity contribution is 14.1. The van der Waals surface area contributed by atoms with Crippen molar-refractivity contribution in [2.45, 2.75) is 19.9 Å². The average molecular weight is 405 g/mol. The first-order valence-corrected chi connectivity index (χ1v) is 7.41. The number of carbonyl (C=O) groups excluding carboxylic acids is 1. The Morgan fingerprint density at radius 3 is 2.95 bits per heavy atom. The monoisotopic (exact) mass is 405 g/mol. The van der Waals surface area contributed by atoms with Crippen molar-refractivity contribution in [3.63, 3.8) is 0 Å². The Morgan fingerprint density at radius 1 is 1.48 bits per heavy atom. The smallest absolute Gasteiger partial charge is 0.319 e. The Bertz CT molecular complexity index is 643. The number of aromatic nitrogens is 2. The molecule has 112 valence electrons. The summed E-state index contributed by atoms with van der Waals surface area (Å²) in [5, 5.41) is 2.73. The van der Waals surface area contributed by atoms with Gasteiger partial charge in [0.1, 0.15) is 5.82 Å². The lowest BCUT2D eigenvalue weighted by molar-refractivity contribution is 0.0670. The largest absolute Gasteiger partial charge is 0.352 e. The molecule has 7 heteroatoms. The van der Waals surface area contributed by atoms with Crippen molar-refractivity contribution in [3.8, 4) is 0 Å². The molecule has 1 amide bonds. The van der Waals surface area contributed by atoms with Crippen LogP contribution in [0.3, 0.4) is 0 Å². The Balaban J connectivity index is 1.96. The molecule has 0 saturated carbocycles. The summed E-state index contributed by atoms with van der Waals surface area (Å²) in [6.07, 6.45) is 2.81. The van der Waals surface area contributed by atoms with Crippen LogP contribution in [0.2, 0.25) is 0 Å². The van der Waals surface area contributed by atoms with E-state index >= 15 is 0 Å². The quantitative estimate of drug-likeness (QED) is 0.778. The molecule has 1 N–H and O–H groups in total. The lowest BCUT2D eigenvalue weighted by atomic mass is 10.1. The summed E-state index contributed by atoms with van der Waals surface area (Å²) in [6, 6.07) is 5.48. The fourth-order valence-corrected chi connectivity index (χ4v) is 2.53. The summed E-state index contributed by atoms with van der Waals surface area (Å²) in [7, 11) is 0. The first-order chi connectivity index (χ1) is 10.0. The number of alkyl halides is 2. The number of rotatable bonds is 5. The zero-order valence-corrected chi connectivity index (χ0v) is 13.5. The molecule has 1 heterocycles. The Hall–Kier alpha value is -1.51. The molecule has 0 fully saturated rings. The molecule has 0 saturated heterocycles. The molecular formula is C14H14F2IN3O. The second-order valence-electron chi connectivity index (χ2n) is 4.47. The van der Waals surface area contributed by atoms with Gasteiger partial charge in [-0.15, -0.1) is 0 Å². The molecule has 0 aliphatic rings. The molecule has 0 aliphatic carbocycles. The fourth-order valence-electron chi connectivity index (χ4n) is 1.92. The van der Waals surface area contributed by atoms with E-state index in [-0.39, 0.29) is 24.7 Å². The Labute approximate surface area is 134 Å². The highest BCUT2D eigenvalue weighted by Gasteiger charge is 2.13. The van der Waals surface area contributed by atoms with Gasteiger partial charge in [-0.2, -0.15) is 8.78 Å². The van der Waals surface area contributed by atoms with E-state index in [1.807, 2.05) is 19.1 Å². The van der Waals surface area contributed by atoms with Crippen LogP contribution in [0, 0.1) is 10.5 Å². The molecular weight excluding hydrogens is 391 g/mol. The van der Waals surface area contributed by atoms with E-state index in [1.165, 1.54) is 12.4 Å². The third-order valence-electron chi connectivity index (χ3n) is 3.03. The van der Waals surface area contributed by atoms with Crippen LogP contribution in [0.15, 0.2) is 30.6 Å². The minimum Gasteiger partial charge on any atom is -0.352 e. The Kier molecular flexibility index (Phi) is 5.27. The highest BCUT2D eigenvalue weighted by atomic mass is 127. The van der Waals surface area contributed by atoms with E-state index in [9.17, 15) is 13.6 Å². The maximum absolute atomic E-state index is 12.6. The minimum atomic E-state index is -2.61. The van der Waals surface area contributed by atoms with E-state index in [4.69, 9.17) is 0 Å². The number of aryl methyl sites for hydroxylation is 1. The van der Waals surface area contributed by atoms with Gasteiger partial charge in [0.25, 0.3) is 5.91 Å². The first-order valence-electron chi connectivity index (χ1n) is 6.34. The molecule has 2 aromatic rings. The second kappa shape index (κ2) is 6.97. The summed E-state index contributed by atoms with van der Waals surface area (Å²) in [5.41, 5.74) is 1.62. The van der Waals surface area contributed by atoms with Gasteiger partial charge in [-0.3, -0.25) is 9.36 Å². The molecule has 0 aliphatic heterocycles. The fraction of sp³-hybridized carbons (Fsp3) is 0.286. The summed E-state index contributed by atoms with van der Waals surface area (Å²) in [6.45, 7) is -0.430. The number of carbonyl (C=O) groups is 1. The number of halogens is 3. The normalized spacial score (nSPS) is 10.9. The molecule has 1 aromatic heterocycles. The van der Waals surface area contributed by atoms with E-state index in [1.54, 1.807) is 6.07 Å². The van der Waals surface area contributed by atoms with E-state index in [0.717, 1.165) is 13.7 Å². The number of benzene rings is 1. The van der Waals surface area contributed by atoms with Gasteiger partial charge in [0.05, 0.1) is 5.56 Å². The third kappa shape index (κ3) is 3.78. The van der Waals surface area contributed by atoms with Crippen LogP contribution in [0.4, 0.5) is 8.78 Å². The minimum absolute atomic E-state index is 0.210. The SMILES string of the molecule is Cc1cccc(C(=O)NCCc2nccn2C(F)F)c1I. The van der Waals surface area contributed by atoms with E-state index < -0.39 is 6.55 Å².